The van der Waals surface area contributed by atoms with Gasteiger partial charge in [-0.1, -0.05) is 48.5 Å². The molecule has 22 heavy (non-hydrogen) atoms. The van der Waals surface area contributed by atoms with Gasteiger partial charge in [0.05, 0.1) is 5.92 Å². The number of para-hydroxylation sites is 1. The van der Waals surface area contributed by atoms with Crippen LogP contribution in [0.15, 0.2) is 72.9 Å². The summed E-state index contributed by atoms with van der Waals surface area (Å²) in [6.45, 7) is 1.82. The number of carbonyl (C=O) groups excluding carboxylic acids is 1. The van der Waals surface area contributed by atoms with Crippen LogP contribution in [0, 0.1) is 5.41 Å². The lowest BCUT2D eigenvalue weighted by atomic mass is 10.0. The average molecular weight is 293 g/mol. The maximum atomic E-state index is 12.1. The number of hydrogen-bond donors (Lipinski definition) is 3. The van der Waals surface area contributed by atoms with Crippen molar-refractivity contribution < 1.29 is 4.79 Å². The molecule has 3 N–H and O–H groups in total. The first-order chi connectivity index (χ1) is 10.7. The maximum Gasteiger partial charge on any atom is 0.232 e. The number of nitrogens with one attached hydrogen (secondary N) is 3. The zero-order valence-electron chi connectivity index (χ0n) is 12.4. The Kier molecular flexibility index (Phi) is 5.49. The summed E-state index contributed by atoms with van der Waals surface area (Å²) in [7, 11) is 0. The molecule has 2 rings (SSSR count). The number of amides is 1. The molecule has 0 bridgehead atoms. The Labute approximate surface area is 130 Å². The van der Waals surface area contributed by atoms with Crippen LogP contribution >= 0.6 is 0 Å². The molecule has 0 radical (unpaired) electrons. The normalized spacial score (nSPS) is 11.9. The molecule has 0 aliphatic rings. The number of benzene rings is 2. The van der Waals surface area contributed by atoms with Gasteiger partial charge in [-0.3, -0.25) is 10.2 Å². The summed E-state index contributed by atoms with van der Waals surface area (Å²) in [6.07, 6.45) is 3.15. The average Bonchev–Trinajstić information content (AvgIpc) is 2.56. The molecule has 2 aromatic carbocycles. The van der Waals surface area contributed by atoms with Crippen LogP contribution in [0.25, 0.3) is 0 Å². The van der Waals surface area contributed by atoms with Crippen LogP contribution in [0.3, 0.4) is 0 Å². The lowest BCUT2D eigenvalue weighted by molar-refractivity contribution is -0.120. The zero-order chi connectivity index (χ0) is 15.8. The molecule has 0 aliphatic carbocycles. The second-order valence-corrected chi connectivity index (χ2v) is 4.88. The SMILES string of the molecule is C[C@H](C(=O)NC(=N)/C=C\Nc1ccccc1)c1ccccc1. The Hall–Kier alpha value is -2.88. The van der Waals surface area contributed by atoms with Crippen LogP contribution in [-0.2, 0) is 4.79 Å². The summed E-state index contributed by atoms with van der Waals surface area (Å²) in [5.74, 6) is -0.436. The second-order valence-electron chi connectivity index (χ2n) is 4.88. The van der Waals surface area contributed by atoms with E-state index in [1.807, 2.05) is 67.6 Å². The van der Waals surface area contributed by atoms with Gasteiger partial charge in [-0.05, 0) is 30.7 Å². The van der Waals surface area contributed by atoms with Gasteiger partial charge in [-0.2, -0.15) is 0 Å². The first-order valence-electron chi connectivity index (χ1n) is 7.09. The predicted octanol–water partition coefficient (Wildman–Crippen LogP) is 3.51. The summed E-state index contributed by atoms with van der Waals surface area (Å²) in [4.78, 5) is 12.1. The number of amidine groups is 1. The van der Waals surface area contributed by atoms with Crippen molar-refractivity contribution in [2.45, 2.75) is 12.8 Å². The first-order valence-corrected chi connectivity index (χ1v) is 7.09. The van der Waals surface area contributed by atoms with Crippen molar-refractivity contribution in [2.75, 3.05) is 5.32 Å². The lowest BCUT2D eigenvalue weighted by Crippen LogP contribution is -2.32. The third kappa shape index (κ3) is 4.59. The van der Waals surface area contributed by atoms with E-state index in [1.54, 1.807) is 6.20 Å². The molecule has 0 unspecified atom stereocenters. The highest BCUT2D eigenvalue weighted by Gasteiger charge is 2.14. The van der Waals surface area contributed by atoms with Crippen molar-refractivity contribution >= 4 is 17.4 Å². The molecule has 2 aromatic rings. The predicted molar refractivity (Wildman–Crippen MR) is 89.9 cm³/mol. The molecule has 0 aliphatic heterocycles. The van der Waals surface area contributed by atoms with Gasteiger partial charge in [0.1, 0.15) is 5.84 Å². The van der Waals surface area contributed by atoms with Crippen LogP contribution in [0.2, 0.25) is 0 Å². The van der Waals surface area contributed by atoms with Crippen LogP contribution in [0.1, 0.15) is 18.4 Å². The van der Waals surface area contributed by atoms with E-state index in [0.29, 0.717) is 0 Å². The van der Waals surface area contributed by atoms with Crippen molar-refractivity contribution in [2.24, 2.45) is 0 Å². The van der Waals surface area contributed by atoms with E-state index in [9.17, 15) is 4.79 Å². The Bertz CT molecular complexity index is 651. The first kappa shape index (κ1) is 15.5. The molecular formula is C18H19N3O. The van der Waals surface area contributed by atoms with Crippen molar-refractivity contribution in [3.8, 4) is 0 Å². The Balaban J connectivity index is 1.85. The molecule has 0 aromatic heterocycles. The number of hydrogen-bond acceptors (Lipinski definition) is 3. The molecular weight excluding hydrogens is 274 g/mol. The van der Waals surface area contributed by atoms with Gasteiger partial charge in [0.2, 0.25) is 5.91 Å². The van der Waals surface area contributed by atoms with E-state index in [4.69, 9.17) is 5.41 Å². The van der Waals surface area contributed by atoms with Gasteiger partial charge in [0.15, 0.2) is 0 Å². The highest BCUT2D eigenvalue weighted by molar-refractivity contribution is 6.04. The van der Waals surface area contributed by atoms with Gasteiger partial charge in [-0.15, -0.1) is 0 Å². The summed E-state index contributed by atoms with van der Waals surface area (Å²) in [6, 6.07) is 19.1. The van der Waals surface area contributed by atoms with Gasteiger partial charge < -0.3 is 10.6 Å². The standard InChI is InChI=1S/C18H19N3O/c1-14(15-8-4-2-5-9-15)18(22)21-17(19)12-13-20-16-10-6-3-7-11-16/h2-14,20H,1H3,(H2,19,21,22)/b13-12-/t14-/m0/s1. The van der Waals surface area contributed by atoms with Gasteiger partial charge in [0.25, 0.3) is 0 Å². The van der Waals surface area contributed by atoms with E-state index < -0.39 is 0 Å². The van der Waals surface area contributed by atoms with Crippen LogP contribution < -0.4 is 10.6 Å². The molecule has 4 nitrogen and oxygen atoms in total. The largest absolute Gasteiger partial charge is 0.362 e. The van der Waals surface area contributed by atoms with Crippen LogP contribution in [-0.4, -0.2) is 11.7 Å². The minimum absolute atomic E-state index is 0.0520. The molecule has 0 fully saturated rings. The zero-order valence-corrected chi connectivity index (χ0v) is 12.4. The van der Waals surface area contributed by atoms with Gasteiger partial charge in [-0.25, -0.2) is 0 Å². The van der Waals surface area contributed by atoms with E-state index in [2.05, 4.69) is 10.6 Å². The van der Waals surface area contributed by atoms with E-state index in [1.165, 1.54) is 6.08 Å². The van der Waals surface area contributed by atoms with Crippen LogP contribution in [0.4, 0.5) is 5.69 Å². The highest BCUT2D eigenvalue weighted by atomic mass is 16.1. The second kappa shape index (κ2) is 7.78. The van der Waals surface area contributed by atoms with Crippen molar-refractivity contribution in [3.05, 3.63) is 78.5 Å². The molecule has 112 valence electrons. The van der Waals surface area contributed by atoms with Crippen molar-refractivity contribution in [1.82, 2.24) is 5.32 Å². The third-order valence-corrected chi connectivity index (χ3v) is 3.22. The van der Waals surface area contributed by atoms with Crippen molar-refractivity contribution in [3.63, 3.8) is 0 Å². The molecule has 0 heterocycles. The summed E-state index contributed by atoms with van der Waals surface area (Å²) < 4.78 is 0. The Morgan fingerprint density at radius 3 is 2.27 bits per heavy atom. The smallest absolute Gasteiger partial charge is 0.232 e. The number of carbonyl (C=O) groups is 1. The fraction of sp³-hybridized carbons (Fsp3) is 0.111. The molecule has 0 spiro atoms. The summed E-state index contributed by atoms with van der Waals surface area (Å²) >= 11 is 0. The summed E-state index contributed by atoms with van der Waals surface area (Å²) in [5.41, 5.74) is 1.86. The lowest BCUT2D eigenvalue weighted by Gasteiger charge is -2.11. The molecule has 1 atom stereocenters. The monoisotopic (exact) mass is 293 g/mol. The van der Waals surface area contributed by atoms with E-state index in [-0.39, 0.29) is 17.7 Å². The van der Waals surface area contributed by atoms with Gasteiger partial charge >= 0.3 is 0 Å². The quantitative estimate of drug-likeness (QED) is 0.583. The van der Waals surface area contributed by atoms with Gasteiger partial charge in [0, 0.05) is 11.9 Å². The Morgan fingerprint density at radius 2 is 1.64 bits per heavy atom. The van der Waals surface area contributed by atoms with Crippen LogP contribution in [0.5, 0.6) is 0 Å². The van der Waals surface area contributed by atoms with E-state index in [0.717, 1.165) is 11.3 Å². The topological polar surface area (TPSA) is 65.0 Å². The number of rotatable bonds is 5. The fourth-order valence-corrected chi connectivity index (χ4v) is 1.93. The summed E-state index contributed by atoms with van der Waals surface area (Å²) in [5, 5.41) is 13.4. The third-order valence-electron chi connectivity index (χ3n) is 3.22. The fourth-order valence-electron chi connectivity index (χ4n) is 1.93. The van der Waals surface area contributed by atoms with Crippen molar-refractivity contribution in [1.29, 1.82) is 5.41 Å². The Morgan fingerprint density at radius 1 is 1.05 bits per heavy atom. The molecule has 1 amide bonds. The van der Waals surface area contributed by atoms with E-state index >= 15 is 0 Å². The minimum atomic E-state index is -0.294. The molecule has 0 saturated carbocycles. The molecule has 4 heteroatoms. The maximum absolute atomic E-state index is 12.1. The highest BCUT2D eigenvalue weighted by Crippen LogP contribution is 2.14. The number of anilines is 1. The molecule has 0 saturated heterocycles. The minimum Gasteiger partial charge on any atom is -0.362 e.